The van der Waals surface area contributed by atoms with Gasteiger partial charge in [0.25, 0.3) is 5.91 Å². The molecule has 0 saturated carbocycles. The number of amides is 1. The SMILES string of the molecule is O=C(NCCC1=CCCCC1)c1cnc(NCCc2ccc(Cl)cc2)nc1. The number of carbonyl (C=O) groups excluding carboxylic acids is 1. The van der Waals surface area contributed by atoms with Gasteiger partial charge in [-0.15, -0.1) is 0 Å². The predicted octanol–water partition coefficient (Wildman–Crippen LogP) is 4.40. The van der Waals surface area contributed by atoms with E-state index in [4.69, 9.17) is 11.6 Å². The van der Waals surface area contributed by atoms with Crippen LogP contribution in [0.1, 0.15) is 48.0 Å². The number of allylic oxidation sites excluding steroid dienone is 1. The first kappa shape index (κ1) is 19.4. The lowest BCUT2D eigenvalue weighted by molar-refractivity contribution is 0.0953. The molecule has 0 fully saturated rings. The molecule has 0 unspecified atom stereocenters. The summed E-state index contributed by atoms with van der Waals surface area (Å²) < 4.78 is 0. The average molecular weight is 385 g/mol. The average Bonchev–Trinajstić information content (AvgIpc) is 2.71. The zero-order chi connectivity index (χ0) is 18.9. The molecule has 1 aliphatic rings. The van der Waals surface area contributed by atoms with E-state index >= 15 is 0 Å². The van der Waals surface area contributed by atoms with E-state index < -0.39 is 0 Å². The zero-order valence-corrected chi connectivity index (χ0v) is 16.1. The molecule has 0 aliphatic heterocycles. The molecular weight excluding hydrogens is 360 g/mol. The summed E-state index contributed by atoms with van der Waals surface area (Å²) in [6.45, 7) is 1.37. The summed E-state index contributed by atoms with van der Waals surface area (Å²) >= 11 is 5.88. The third kappa shape index (κ3) is 6.36. The van der Waals surface area contributed by atoms with E-state index in [-0.39, 0.29) is 5.91 Å². The quantitative estimate of drug-likeness (QED) is 0.662. The minimum atomic E-state index is -0.126. The lowest BCUT2D eigenvalue weighted by atomic mass is 9.97. The molecule has 5 nitrogen and oxygen atoms in total. The smallest absolute Gasteiger partial charge is 0.254 e. The summed E-state index contributed by atoms with van der Waals surface area (Å²) in [5, 5.41) is 6.85. The summed E-state index contributed by atoms with van der Waals surface area (Å²) in [6.07, 6.45) is 12.1. The molecule has 2 aromatic rings. The van der Waals surface area contributed by atoms with Crippen LogP contribution in [0.25, 0.3) is 0 Å². The van der Waals surface area contributed by atoms with E-state index in [0.29, 0.717) is 24.6 Å². The fourth-order valence-electron chi connectivity index (χ4n) is 3.08. The van der Waals surface area contributed by atoms with Crippen LogP contribution in [0.3, 0.4) is 0 Å². The number of rotatable bonds is 8. The second kappa shape index (κ2) is 10.1. The van der Waals surface area contributed by atoms with Gasteiger partial charge in [-0.25, -0.2) is 9.97 Å². The summed E-state index contributed by atoms with van der Waals surface area (Å²) in [5.41, 5.74) is 3.13. The molecule has 3 rings (SSSR count). The number of nitrogens with zero attached hydrogens (tertiary/aromatic N) is 2. The molecule has 1 aromatic heterocycles. The Hall–Kier alpha value is -2.40. The standard InChI is InChI=1S/C21H25ClN4O/c22-19-8-6-17(7-9-19)11-13-24-21-25-14-18(15-26-21)20(27)23-12-10-16-4-2-1-3-5-16/h4,6-9,14-15H,1-3,5,10-13H2,(H,23,27)(H,24,25,26). The molecule has 27 heavy (non-hydrogen) atoms. The zero-order valence-electron chi connectivity index (χ0n) is 15.4. The van der Waals surface area contributed by atoms with Gasteiger partial charge in [-0.2, -0.15) is 0 Å². The maximum Gasteiger partial charge on any atom is 0.254 e. The second-order valence-electron chi connectivity index (χ2n) is 6.71. The number of anilines is 1. The highest BCUT2D eigenvalue weighted by Gasteiger charge is 2.08. The van der Waals surface area contributed by atoms with Crippen LogP contribution in [0.2, 0.25) is 5.02 Å². The number of nitrogens with one attached hydrogen (secondary N) is 2. The normalized spacial score (nSPS) is 13.7. The van der Waals surface area contributed by atoms with Crippen LogP contribution in [0.5, 0.6) is 0 Å². The Morgan fingerprint density at radius 2 is 1.81 bits per heavy atom. The number of benzene rings is 1. The molecule has 0 saturated heterocycles. The molecule has 0 spiro atoms. The van der Waals surface area contributed by atoms with Crippen molar-refractivity contribution in [3.63, 3.8) is 0 Å². The first-order valence-electron chi connectivity index (χ1n) is 9.47. The van der Waals surface area contributed by atoms with Crippen molar-refractivity contribution in [2.24, 2.45) is 0 Å². The molecule has 0 atom stereocenters. The van der Waals surface area contributed by atoms with Crippen LogP contribution in [0.15, 0.2) is 48.3 Å². The molecule has 6 heteroatoms. The summed E-state index contributed by atoms with van der Waals surface area (Å²) in [4.78, 5) is 20.6. The minimum Gasteiger partial charge on any atom is -0.354 e. The molecule has 1 amide bonds. The van der Waals surface area contributed by atoms with Crippen molar-refractivity contribution in [1.29, 1.82) is 0 Å². The highest BCUT2D eigenvalue weighted by molar-refractivity contribution is 6.30. The Labute approximate surface area is 165 Å². The monoisotopic (exact) mass is 384 g/mol. The molecule has 0 radical (unpaired) electrons. The fraction of sp³-hybridized carbons (Fsp3) is 0.381. The van der Waals surface area contributed by atoms with Crippen LogP contribution >= 0.6 is 11.6 Å². The van der Waals surface area contributed by atoms with Gasteiger partial charge in [0, 0.05) is 30.5 Å². The van der Waals surface area contributed by atoms with Crippen LogP contribution in [-0.4, -0.2) is 29.0 Å². The highest BCUT2D eigenvalue weighted by atomic mass is 35.5. The fourth-order valence-corrected chi connectivity index (χ4v) is 3.20. The largest absolute Gasteiger partial charge is 0.354 e. The van der Waals surface area contributed by atoms with Crippen molar-refractivity contribution < 1.29 is 4.79 Å². The summed E-state index contributed by atoms with van der Waals surface area (Å²) in [6, 6.07) is 7.76. The van der Waals surface area contributed by atoms with Crippen molar-refractivity contribution in [3.8, 4) is 0 Å². The molecule has 1 aromatic carbocycles. The van der Waals surface area contributed by atoms with Gasteiger partial charge in [-0.1, -0.05) is 35.4 Å². The van der Waals surface area contributed by atoms with Gasteiger partial charge in [0.2, 0.25) is 5.95 Å². The lowest BCUT2D eigenvalue weighted by Gasteiger charge is -2.13. The molecule has 2 N–H and O–H groups in total. The van der Waals surface area contributed by atoms with Crippen LogP contribution in [0, 0.1) is 0 Å². The van der Waals surface area contributed by atoms with Crippen molar-refractivity contribution >= 4 is 23.5 Å². The van der Waals surface area contributed by atoms with Crippen LogP contribution in [0.4, 0.5) is 5.95 Å². The van der Waals surface area contributed by atoms with Crippen LogP contribution < -0.4 is 10.6 Å². The van der Waals surface area contributed by atoms with Gasteiger partial charge in [-0.3, -0.25) is 4.79 Å². The Bertz CT molecular complexity index is 772. The van der Waals surface area contributed by atoms with E-state index in [1.54, 1.807) is 12.4 Å². The van der Waals surface area contributed by atoms with Crippen molar-refractivity contribution in [2.45, 2.75) is 38.5 Å². The van der Waals surface area contributed by atoms with E-state index in [1.807, 2.05) is 24.3 Å². The first-order valence-corrected chi connectivity index (χ1v) is 9.85. The van der Waals surface area contributed by atoms with Gasteiger partial charge in [0.15, 0.2) is 0 Å². The third-order valence-corrected chi connectivity index (χ3v) is 4.89. The summed E-state index contributed by atoms with van der Waals surface area (Å²) in [5.74, 6) is 0.395. The van der Waals surface area contributed by atoms with E-state index in [9.17, 15) is 4.79 Å². The number of hydrogen-bond acceptors (Lipinski definition) is 4. The van der Waals surface area contributed by atoms with Gasteiger partial charge in [0.05, 0.1) is 5.56 Å². The van der Waals surface area contributed by atoms with E-state index in [0.717, 1.165) is 24.3 Å². The molecule has 1 heterocycles. The molecule has 0 bridgehead atoms. The highest BCUT2D eigenvalue weighted by Crippen LogP contribution is 2.19. The van der Waals surface area contributed by atoms with E-state index in [1.165, 1.54) is 30.4 Å². The van der Waals surface area contributed by atoms with Crippen molar-refractivity contribution in [1.82, 2.24) is 15.3 Å². The number of hydrogen-bond donors (Lipinski definition) is 2. The van der Waals surface area contributed by atoms with Gasteiger partial charge < -0.3 is 10.6 Å². The Balaban J connectivity index is 1.40. The summed E-state index contributed by atoms with van der Waals surface area (Å²) in [7, 11) is 0. The van der Waals surface area contributed by atoms with Crippen molar-refractivity contribution in [2.75, 3.05) is 18.4 Å². The Morgan fingerprint density at radius 3 is 2.52 bits per heavy atom. The molecule has 1 aliphatic carbocycles. The van der Waals surface area contributed by atoms with Gasteiger partial charge >= 0.3 is 0 Å². The van der Waals surface area contributed by atoms with Gasteiger partial charge in [0.1, 0.15) is 0 Å². The first-order chi connectivity index (χ1) is 13.2. The molecule has 142 valence electrons. The van der Waals surface area contributed by atoms with Crippen molar-refractivity contribution in [3.05, 3.63) is 64.5 Å². The van der Waals surface area contributed by atoms with Gasteiger partial charge in [-0.05, 0) is 56.2 Å². The predicted molar refractivity (Wildman–Crippen MR) is 109 cm³/mol. The second-order valence-corrected chi connectivity index (χ2v) is 7.15. The Morgan fingerprint density at radius 1 is 1.04 bits per heavy atom. The van der Waals surface area contributed by atoms with Crippen LogP contribution in [-0.2, 0) is 6.42 Å². The minimum absolute atomic E-state index is 0.126. The number of carbonyl (C=O) groups is 1. The number of aromatic nitrogens is 2. The lowest BCUT2D eigenvalue weighted by Crippen LogP contribution is -2.25. The maximum absolute atomic E-state index is 12.2. The topological polar surface area (TPSA) is 66.9 Å². The van der Waals surface area contributed by atoms with E-state index in [2.05, 4.69) is 26.7 Å². The Kier molecular flexibility index (Phi) is 7.22. The number of halogens is 1. The third-order valence-electron chi connectivity index (χ3n) is 4.64. The molecular formula is C21H25ClN4O. The maximum atomic E-state index is 12.2.